The van der Waals surface area contributed by atoms with Gasteiger partial charge in [0.1, 0.15) is 12.2 Å². The van der Waals surface area contributed by atoms with Gasteiger partial charge in [0.15, 0.2) is 0 Å². The largest absolute Gasteiger partial charge is 0.330 e. The third-order valence-electron chi connectivity index (χ3n) is 4.49. The van der Waals surface area contributed by atoms with Crippen molar-refractivity contribution in [1.29, 1.82) is 0 Å². The van der Waals surface area contributed by atoms with E-state index in [0.29, 0.717) is 11.8 Å². The summed E-state index contributed by atoms with van der Waals surface area (Å²) in [6.07, 6.45) is 4.36. The van der Waals surface area contributed by atoms with Crippen molar-refractivity contribution in [2.45, 2.75) is 45.1 Å². The fourth-order valence-electron chi connectivity index (χ4n) is 3.22. The van der Waals surface area contributed by atoms with Gasteiger partial charge in [-0.1, -0.05) is 19.9 Å². The SMILES string of the molecule is CC(C)C[C@H](NC(=O)N1CCC(c2ncn[nH]2)CC1)c1cccs1. The van der Waals surface area contributed by atoms with Crippen LogP contribution in [-0.4, -0.2) is 39.2 Å². The number of H-pyrrole nitrogens is 1. The molecule has 0 unspecified atom stereocenters. The average molecular weight is 347 g/mol. The van der Waals surface area contributed by atoms with Crippen LogP contribution in [0.1, 0.15) is 55.8 Å². The van der Waals surface area contributed by atoms with Crippen LogP contribution < -0.4 is 5.32 Å². The Morgan fingerprint density at radius 1 is 1.46 bits per heavy atom. The molecule has 0 bridgehead atoms. The number of carbonyl (C=O) groups is 1. The Balaban J connectivity index is 1.56. The minimum atomic E-state index is 0.0464. The molecule has 2 amide bonds. The lowest BCUT2D eigenvalue weighted by atomic mass is 9.96. The standard InChI is InChI=1S/C17H25N5OS/c1-12(2)10-14(15-4-3-9-24-15)20-17(23)22-7-5-13(6-8-22)16-18-11-19-21-16/h3-4,9,11-14H,5-8,10H2,1-2H3,(H,20,23)(H,18,19,21)/t14-/m0/s1. The highest BCUT2D eigenvalue weighted by Crippen LogP contribution is 2.27. The number of aromatic amines is 1. The molecule has 3 rings (SSSR count). The first-order valence-corrected chi connectivity index (χ1v) is 9.45. The van der Waals surface area contributed by atoms with Crippen molar-refractivity contribution in [1.82, 2.24) is 25.4 Å². The van der Waals surface area contributed by atoms with Crippen LogP contribution in [0.3, 0.4) is 0 Å². The number of nitrogens with zero attached hydrogens (tertiary/aromatic N) is 3. The summed E-state index contributed by atoms with van der Waals surface area (Å²) < 4.78 is 0. The molecular formula is C17H25N5OS. The molecule has 0 aliphatic carbocycles. The van der Waals surface area contributed by atoms with E-state index in [2.05, 4.69) is 45.8 Å². The second-order valence-electron chi connectivity index (χ2n) is 6.78. The first-order valence-electron chi connectivity index (χ1n) is 8.57. The predicted octanol–water partition coefficient (Wildman–Crippen LogP) is 3.54. The Morgan fingerprint density at radius 3 is 2.83 bits per heavy atom. The maximum Gasteiger partial charge on any atom is 0.317 e. The fraction of sp³-hybridized carbons (Fsp3) is 0.588. The van der Waals surface area contributed by atoms with E-state index >= 15 is 0 Å². The maximum absolute atomic E-state index is 12.7. The van der Waals surface area contributed by atoms with E-state index in [1.165, 1.54) is 4.88 Å². The number of hydrogen-bond acceptors (Lipinski definition) is 4. The molecule has 0 saturated carbocycles. The van der Waals surface area contributed by atoms with Crippen molar-refractivity contribution in [3.05, 3.63) is 34.5 Å². The molecular weight excluding hydrogens is 322 g/mol. The average Bonchev–Trinajstić information content (AvgIpc) is 3.27. The Labute approximate surface area is 146 Å². The highest BCUT2D eigenvalue weighted by atomic mass is 32.1. The number of rotatable bonds is 5. The molecule has 2 N–H and O–H groups in total. The first-order chi connectivity index (χ1) is 11.6. The van der Waals surface area contributed by atoms with E-state index in [4.69, 9.17) is 0 Å². The highest BCUT2D eigenvalue weighted by molar-refractivity contribution is 7.10. The molecule has 1 fully saturated rings. The highest BCUT2D eigenvalue weighted by Gasteiger charge is 2.27. The monoisotopic (exact) mass is 347 g/mol. The van der Waals surface area contributed by atoms with Crippen LogP contribution in [-0.2, 0) is 0 Å². The molecule has 1 saturated heterocycles. The number of aromatic nitrogens is 3. The zero-order valence-corrected chi connectivity index (χ0v) is 15.1. The zero-order valence-electron chi connectivity index (χ0n) is 14.2. The van der Waals surface area contributed by atoms with E-state index in [1.807, 2.05) is 11.0 Å². The summed E-state index contributed by atoms with van der Waals surface area (Å²) in [5.41, 5.74) is 0. The summed E-state index contributed by atoms with van der Waals surface area (Å²) in [4.78, 5) is 20.1. The smallest absolute Gasteiger partial charge is 0.317 e. The van der Waals surface area contributed by atoms with Crippen molar-refractivity contribution in [3.63, 3.8) is 0 Å². The molecule has 24 heavy (non-hydrogen) atoms. The molecule has 6 nitrogen and oxygen atoms in total. The molecule has 2 aromatic heterocycles. The summed E-state index contributed by atoms with van der Waals surface area (Å²) in [7, 11) is 0. The molecule has 130 valence electrons. The van der Waals surface area contributed by atoms with Gasteiger partial charge in [0.25, 0.3) is 0 Å². The quantitative estimate of drug-likeness (QED) is 0.869. The van der Waals surface area contributed by atoms with Crippen LogP contribution in [0.5, 0.6) is 0 Å². The van der Waals surface area contributed by atoms with Gasteiger partial charge in [-0.05, 0) is 36.6 Å². The number of thiophene rings is 1. The minimum absolute atomic E-state index is 0.0464. The molecule has 0 radical (unpaired) electrons. The van der Waals surface area contributed by atoms with Gasteiger partial charge >= 0.3 is 6.03 Å². The molecule has 2 aromatic rings. The number of urea groups is 1. The lowest BCUT2D eigenvalue weighted by Gasteiger charge is -2.32. The van der Waals surface area contributed by atoms with E-state index < -0.39 is 0 Å². The third kappa shape index (κ3) is 4.14. The zero-order chi connectivity index (χ0) is 16.9. The van der Waals surface area contributed by atoms with Gasteiger partial charge in [0.05, 0.1) is 6.04 Å². The molecule has 0 spiro atoms. The van der Waals surface area contributed by atoms with Crippen molar-refractivity contribution in [2.24, 2.45) is 5.92 Å². The van der Waals surface area contributed by atoms with E-state index in [9.17, 15) is 4.79 Å². The van der Waals surface area contributed by atoms with Gasteiger partial charge in [0.2, 0.25) is 0 Å². The Kier molecular flexibility index (Phi) is 5.50. The summed E-state index contributed by atoms with van der Waals surface area (Å²) in [5.74, 6) is 1.85. The number of carbonyl (C=O) groups excluding carboxylic acids is 1. The normalized spacial score (nSPS) is 17.2. The molecule has 3 heterocycles. The van der Waals surface area contributed by atoms with Gasteiger partial charge < -0.3 is 10.2 Å². The van der Waals surface area contributed by atoms with Crippen LogP contribution in [0.2, 0.25) is 0 Å². The number of nitrogens with one attached hydrogen (secondary N) is 2. The first kappa shape index (κ1) is 17.0. The lowest BCUT2D eigenvalue weighted by Crippen LogP contribution is -2.45. The van der Waals surface area contributed by atoms with Gasteiger partial charge in [-0.3, -0.25) is 5.10 Å². The topological polar surface area (TPSA) is 73.9 Å². The summed E-state index contributed by atoms with van der Waals surface area (Å²) >= 11 is 1.71. The Bertz CT molecular complexity index is 617. The van der Waals surface area contributed by atoms with Crippen molar-refractivity contribution in [3.8, 4) is 0 Å². The summed E-state index contributed by atoms with van der Waals surface area (Å²) in [6.45, 7) is 5.90. The van der Waals surface area contributed by atoms with E-state index in [1.54, 1.807) is 17.7 Å². The van der Waals surface area contributed by atoms with Crippen LogP contribution in [0.4, 0.5) is 4.79 Å². The number of piperidine rings is 1. The van der Waals surface area contributed by atoms with E-state index in [0.717, 1.165) is 38.2 Å². The second-order valence-corrected chi connectivity index (χ2v) is 7.76. The summed E-state index contributed by atoms with van der Waals surface area (Å²) in [5, 5.41) is 12.2. The van der Waals surface area contributed by atoms with Crippen LogP contribution in [0.15, 0.2) is 23.8 Å². The fourth-order valence-corrected chi connectivity index (χ4v) is 4.01. The van der Waals surface area contributed by atoms with Gasteiger partial charge in [-0.2, -0.15) is 5.10 Å². The number of likely N-dealkylation sites (tertiary alicyclic amines) is 1. The minimum Gasteiger partial charge on any atom is -0.330 e. The van der Waals surface area contributed by atoms with Crippen molar-refractivity contribution in [2.75, 3.05) is 13.1 Å². The predicted molar refractivity (Wildman–Crippen MR) is 95.0 cm³/mol. The summed E-state index contributed by atoms with van der Waals surface area (Å²) in [6, 6.07) is 4.30. The molecule has 0 aromatic carbocycles. The van der Waals surface area contributed by atoms with Crippen LogP contribution in [0.25, 0.3) is 0 Å². The Hall–Kier alpha value is -1.89. The number of hydrogen-bond donors (Lipinski definition) is 2. The number of amides is 2. The molecule has 1 aliphatic rings. The van der Waals surface area contributed by atoms with Gasteiger partial charge in [0, 0.05) is 23.9 Å². The maximum atomic E-state index is 12.7. The second kappa shape index (κ2) is 7.79. The van der Waals surface area contributed by atoms with E-state index in [-0.39, 0.29) is 12.1 Å². The van der Waals surface area contributed by atoms with Crippen molar-refractivity contribution >= 4 is 17.4 Å². The Morgan fingerprint density at radius 2 is 2.25 bits per heavy atom. The lowest BCUT2D eigenvalue weighted by molar-refractivity contribution is 0.175. The van der Waals surface area contributed by atoms with Crippen LogP contribution in [0, 0.1) is 5.92 Å². The molecule has 1 atom stereocenters. The van der Waals surface area contributed by atoms with Crippen LogP contribution >= 0.6 is 11.3 Å². The van der Waals surface area contributed by atoms with Crippen molar-refractivity contribution < 1.29 is 4.79 Å². The molecule has 7 heteroatoms. The van der Waals surface area contributed by atoms with Gasteiger partial charge in [-0.15, -0.1) is 11.3 Å². The van der Waals surface area contributed by atoms with Gasteiger partial charge in [-0.25, -0.2) is 9.78 Å². The third-order valence-corrected chi connectivity index (χ3v) is 5.48. The molecule has 1 aliphatic heterocycles.